The van der Waals surface area contributed by atoms with Crippen LogP contribution in [0.1, 0.15) is 24.5 Å². The summed E-state index contributed by atoms with van der Waals surface area (Å²) in [6.07, 6.45) is 1.00. The molecular formula is C16H25N2. The Morgan fingerprint density at radius 1 is 1.17 bits per heavy atom. The quantitative estimate of drug-likeness (QED) is 0.807. The molecule has 2 nitrogen and oxygen atoms in total. The normalized spacial score (nSPS) is 19.0. The Balaban J connectivity index is 2.01. The number of hydrogen-bond donors (Lipinski definition) is 0. The summed E-state index contributed by atoms with van der Waals surface area (Å²) in [4.78, 5) is 5.06. The highest BCUT2D eigenvalue weighted by Crippen LogP contribution is 2.23. The van der Waals surface area contributed by atoms with Crippen LogP contribution < -0.4 is 4.90 Å². The van der Waals surface area contributed by atoms with Gasteiger partial charge in [0.1, 0.15) is 0 Å². The van der Waals surface area contributed by atoms with E-state index in [1.54, 1.807) is 0 Å². The van der Waals surface area contributed by atoms with E-state index in [2.05, 4.69) is 55.7 Å². The van der Waals surface area contributed by atoms with Crippen LogP contribution in [0.25, 0.3) is 0 Å². The molecule has 2 rings (SSSR count). The van der Waals surface area contributed by atoms with Crippen molar-refractivity contribution in [2.75, 3.05) is 31.1 Å². The van der Waals surface area contributed by atoms with Crippen molar-refractivity contribution in [2.45, 2.75) is 33.2 Å². The zero-order chi connectivity index (χ0) is 13.1. The van der Waals surface area contributed by atoms with Crippen molar-refractivity contribution in [1.82, 2.24) is 4.90 Å². The van der Waals surface area contributed by atoms with Crippen LogP contribution >= 0.6 is 0 Å². The summed E-state index contributed by atoms with van der Waals surface area (Å²) in [5.41, 5.74) is 4.15. The van der Waals surface area contributed by atoms with Gasteiger partial charge < -0.3 is 4.90 Å². The molecule has 99 valence electrons. The van der Waals surface area contributed by atoms with Crippen molar-refractivity contribution in [3.05, 3.63) is 36.2 Å². The third-order valence-electron chi connectivity index (χ3n) is 4.05. The van der Waals surface area contributed by atoms with Gasteiger partial charge in [0, 0.05) is 37.9 Å². The minimum absolute atomic E-state index is 0.617. The van der Waals surface area contributed by atoms with Crippen molar-refractivity contribution in [3.8, 4) is 0 Å². The fourth-order valence-corrected chi connectivity index (χ4v) is 2.75. The summed E-state index contributed by atoms with van der Waals surface area (Å²) >= 11 is 0. The Bertz CT molecular complexity index is 392. The molecule has 1 heterocycles. The largest absolute Gasteiger partial charge is 0.369 e. The number of hydrogen-bond acceptors (Lipinski definition) is 2. The van der Waals surface area contributed by atoms with Gasteiger partial charge in [0.2, 0.25) is 0 Å². The lowest BCUT2D eigenvalue weighted by molar-refractivity contribution is 0.197. The molecule has 0 aliphatic carbocycles. The second-order valence-corrected chi connectivity index (χ2v) is 5.45. The highest BCUT2D eigenvalue weighted by Gasteiger charge is 2.20. The van der Waals surface area contributed by atoms with Crippen LogP contribution in [-0.2, 0) is 0 Å². The van der Waals surface area contributed by atoms with Gasteiger partial charge in [-0.05, 0) is 38.8 Å². The van der Waals surface area contributed by atoms with Crippen molar-refractivity contribution in [3.63, 3.8) is 0 Å². The third kappa shape index (κ3) is 2.86. The standard InChI is InChI=1S/C16H25N2/c1-5-15(4)17-8-10-18(11-9-17)16-7-6-13(2)12-14(16)3/h6-7,12,15H,1,5,8-11H2,2-4H3. The lowest BCUT2D eigenvalue weighted by Gasteiger charge is -2.39. The van der Waals surface area contributed by atoms with E-state index in [0.717, 1.165) is 32.6 Å². The van der Waals surface area contributed by atoms with E-state index in [0.29, 0.717) is 6.04 Å². The summed E-state index contributed by atoms with van der Waals surface area (Å²) in [6, 6.07) is 7.38. The molecule has 0 bridgehead atoms. The highest BCUT2D eigenvalue weighted by atomic mass is 15.3. The van der Waals surface area contributed by atoms with Crippen molar-refractivity contribution in [2.24, 2.45) is 0 Å². The predicted octanol–water partition coefficient (Wildman–Crippen LogP) is 3.04. The van der Waals surface area contributed by atoms with E-state index < -0.39 is 0 Å². The lowest BCUT2D eigenvalue weighted by atomic mass is 10.1. The number of nitrogens with zero attached hydrogens (tertiary/aromatic N) is 2. The van der Waals surface area contributed by atoms with E-state index in [4.69, 9.17) is 0 Å². The first kappa shape index (κ1) is 13.4. The predicted molar refractivity (Wildman–Crippen MR) is 79.1 cm³/mol. The van der Waals surface area contributed by atoms with E-state index in [9.17, 15) is 0 Å². The fourth-order valence-electron chi connectivity index (χ4n) is 2.75. The molecule has 18 heavy (non-hydrogen) atoms. The van der Waals surface area contributed by atoms with Crippen LogP contribution in [-0.4, -0.2) is 37.1 Å². The van der Waals surface area contributed by atoms with E-state index in [1.807, 2.05) is 0 Å². The maximum atomic E-state index is 4.01. The molecule has 1 aromatic carbocycles. The van der Waals surface area contributed by atoms with Crippen molar-refractivity contribution >= 4 is 5.69 Å². The summed E-state index contributed by atoms with van der Waals surface area (Å²) in [5.74, 6) is 0. The van der Waals surface area contributed by atoms with Gasteiger partial charge in [0.05, 0.1) is 0 Å². The molecule has 1 aliphatic heterocycles. The SMILES string of the molecule is [CH2]CC(C)N1CCN(c2ccc(C)cc2C)CC1. The number of piperazine rings is 1. The molecule has 0 saturated carbocycles. The molecule has 1 atom stereocenters. The summed E-state index contributed by atoms with van der Waals surface area (Å²) in [6.45, 7) is 15.2. The Morgan fingerprint density at radius 2 is 1.83 bits per heavy atom. The van der Waals surface area contributed by atoms with Gasteiger partial charge >= 0.3 is 0 Å². The van der Waals surface area contributed by atoms with E-state index in [-0.39, 0.29) is 0 Å². The molecule has 0 aromatic heterocycles. The summed E-state index contributed by atoms with van der Waals surface area (Å²) in [5, 5.41) is 0. The molecule has 2 heteroatoms. The zero-order valence-electron chi connectivity index (χ0n) is 11.9. The molecule has 1 unspecified atom stereocenters. The third-order valence-corrected chi connectivity index (χ3v) is 4.05. The molecule has 0 N–H and O–H groups in total. The van der Waals surface area contributed by atoms with Gasteiger partial charge in [-0.3, -0.25) is 4.90 Å². The average Bonchev–Trinajstić information content (AvgIpc) is 2.38. The van der Waals surface area contributed by atoms with Gasteiger partial charge in [-0.15, -0.1) is 0 Å². The molecule has 1 aromatic rings. The number of aryl methyl sites for hydroxylation is 2. The van der Waals surface area contributed by atoms with Crippen LogP contribution in [0.15, 0.2) is 18.2 Å². The molecule has 0 spiro atoms. The fraction of sp³-hybridized carbons (Fsp3) is 0.562. The van der Waals surface area contributed by atoms with Gasteiger partial charge in [-0.1, -0.05) is 24.6 Å². The second-order valence-electron chi connectivity index (χ2n) is 5.45. The monoisotopic (exact) mass is 245 g/mol. The van der Waals surface area contributed by atoms with Gasteiger partial charge in [0.25, 0.3) is 0 Å². The summed E-state index contributed by atoms with van der Waals surface area (Å²) in [7, 11) is 0. The van der Waals surface area contributed by atoms with Gasteiger partial charge in [-0.25, -0.2) is 0 Å². The smallest absolute Gasteiger partial charge is 0.0396 e. The average molecular weight is 245 g/mol. The Labute approximate surface area is 112 Å². The molecule has 1 aliphatic rings. The Kier molecular flexibility index (Phi) is 4.28. The Morgan fingerprint density at radius 3 is 2.39 bits per heavy atom. The maximum Gasteiger partial charge on any atom is 0.0396 e. The molecule has 1 fully saturated rings. The van der Waals surface area contributed by atoms with Crippen molar-refractivity contribution in [1.29, 1.82) is 0 Å². The van der Waals surface area contributed by atoms with Gasteiger partial charge in [0.15, 0.2) is 0 Å². The van der Waals surface area contributed by atoms with E-state index >= 15 is 0 Å². The molecule has 1 radical (unpaired) electrons. The highest BCUT2D eigenvalue weighted by molar-refractivity contribution is 5.54. The van der Waals surface area contributed by atoms with Crippen LogP contribution in [0.3, 0.4) is 0 Å². The van der Waals surface area contributed by atoms with Crippen LogP contribution in [0, 0.1) is 20.8 Å². The minimum atomic E-state index is 0.617. The lowest BCUT2D eigenvalue weighted by Crippen LogP contribution is -2.49. The number of rotatable bonds is 3. The molecule has 1 saturated heterocycles. The van der Waals surface area contributed by atoms with E-state index in [1.165, 1.54) is 16.8 Å². The van der Waals surface area contributed by atoms with Crippen LogP contribution in [0.5, 0.6) is 0 Å². The number of anilines is 1. The van der Waals surface area contributed by atoms with Gasteiger partial charge in [-0.2, -0.15) is 0 Å². The number of benzene rings is 1. The van der Waals surface area contributed by atoms with Crippen LogP contribution in [0.4, 0.5) is 5.69 Å². The Hall–Kier alpha value is -1.02. The molecular weight excluding hydrogens is 220 g/mol. The van der Waals surface area contributed by atoms with Crippen molar-refractivity contribution < 1.29 is 0 Å². The zero-order valence-corrected chi connectivity index (χ0v) is 11.9. The topological polar surface area (TPSA) is 6.48 Å². The summed E-state index contributed by atoms with van der Waals surface area (Å²) < 4.78 is 0. The first-order valence-electron chi connectivity index (χ1n) is 6.97. The first-order valence-corrected chi connectivity index (χ1v) is 6.97. The minimum Gasteiger partial charge on any atom is -0.369 e. The second kappa shape index (κ2) is 5.75. The maximum absolute atomic E-state index is 4.01. The first-order chi connectivity index (χ1) is 8.61. The van der Waals surface area contributed by atoms with Crippen LogP contribution in [0.2, 0.25) is 0 Å². The molecule has 0 amide bonds.